The maximum Gasteiger partial charge on any atom is 0.435 e. The number of halogens is 4. The number of amides is 2. The molecule has 0 fully saturated rings. The lowest BCUT2D eigenvalue weighted by Crippen LogP contribution is -2.21. The predicted molar refractivity (Wildman–Crippen MR) is 104 cm³/mol. The Hall–Kier alpha value is -4.09. The first-order valence-electron chi connectivity index (χ1n) is 8.93. The molecule has 0 atom stereocenters. The Bertz CT molecular complexity index is 1210. The fourth-order valence-corrected chi connectivity index (χ4v) is 2.78. The van der Waals surface area contributed by atoms with E-state index in [0.717, 1.165) is 25.1 Å². The van der Waals surface area contributed by atoms with Crippen molar-refractivity contribution in [1.82, 2.24) is 15.2 Å². The molecule has 3 aromatic rings. The Morgan fingerprint density at radius 1 is 1.09 bits per heavy atom. The molecule has 0 radical (unpaired) electrons. The third kappa shape index (κ3) is 4.79. The molecule has 0 saturated heterocycles. The third-order valence-electron chi connectivity index (χ3n) is 4.29. The summed E-state index contributed by atoms with van der Waals surface area (Å²) in [6.45, 7) is 2.54. The summed E-state index contributed by atoms with van der Waals surface area (Å²) in [7, 11) is 0. The van der Waals surface area contributed by atoms with E-state index in [1.54, 1.807) is 0 Å². The predicted octanol–water partition coefficient (Wildman–Crippen LogP) is 3.79. The number of nitrogens with zero attached hydrogens (tertiary/aromatic N) is 3. The number of benzene rings is 1. The Kier molecular flexibility index (Phi) is 6.05. The van der Waals surface area contributed by atoms with Crippen LogP contribution in [0, 0.1) is 19.7 Å². The van der Waals surface area contributed by atoms with Crippen molar-refractivity contribution < 1.29 is 31.9 Å². The van der Waals surface area contributed by atoms with E-state index in [0.29, 0.717) is 5.56 Å². The van der Waals surface area contributed by atoms with E-state index < -0.39 is 46.5 Å². The average molecular weight is 449 g/mol. The van der Waals surface area contributed by atoms with Crippen LogP contribution in [-0.2, 0) is 6.18 Å². The molecule has 2 aromatic heterocycles. The molecule has 2 heterocycles. The van der Waals surface area contributed by atoms with E-state index in [4.69, 9.17) is 10.5 Å². The summed E-state index contributed by atoms with van der Waals surface area (Å²) >= 11 is 0. The number of aromatic nitrogens is 3. The van der Waals surface area contributed by atoms with E-state index in [9.17, 15) is 27.2 Å². The van der Waals surface area contributed by atoms with Gasteiger partial charge < -0.3 is 15.8 Å². The summed E-state index contributed by atoms with van der Waals surface area (Å²) < 4.78 is 58.9. The van der Waals surface area contributed by atoms with E-state index in [1.165, 1.54) is 25.3 Å². The van der Waals surface area contributed by atoms with Crippen LogP contribution in [0.4, 0.5) is 23.2 Å². The molecule has 1 aromatic carbocycles. The van der Waals surface area contributed by atoms with Crippen molar-refractivity contribution in [3.63, 3.8) is 0 Å². The molecule has 0 aliphatic heterocycles. The fraction of sp³-hybridized carbons (Fsp3) is 0.150. The third-order valence-corrected chi connectivity index (χ3v) is 4.29. The van der Waals surface area contributed by atoms with Gasteiger partial charge in [0.1, 0.15) is 22.8 Å². The van der Waals surface area contributed by atoms with Gasteiger partial charge in [0.05, 0.1) is 0 Å². The van der Waals surface area contributed by atoms with E-state index in [-0.39, 0.29) is 17.1 Å². The van der Waals surface area contributed by atoms with Gasteiger partial charge in [0.2, 0.25) is 0 Å². The van der Waals surface area contributed by atoms with Crippen LogP contribution in [0.3, 0.4) is 0 Å². The van der Waals surface area contributed by atoms with Crippen LogP contribution >= 0.6 is 0 Å². The smallest absolute Gasteiger partial charge is 0.435 e. The van der Waals surface area contributed by atoms with Crippen LogP contribution in [0.1, 0.15) is 37.7 Å². The van der Waals surface area contributed by atoms with Gasteiger partial charge in [-0.05, 0) is 55.3 Å². The van der Waals surface area contributed by atoms with Crippen LogP contribution in [0.25, 0.3) is 0 Å². The zero-order valence-electron chi connectivity index (χ0n) is 16.6. The minimum absolute atomic E-state index is 0.0486. The van der Waals surface area contributed by atoms with Gasteiger partial charge in [-0.15, -0.1) is 10.2 Å². The van der Waals surface area contributed by atoms with Gasteiger partial charge in [0.25, 0.3) is 17.7 Å². The quantitative estimate of drug-likeness (QED) is 0.572. The highest BCUT2D eigenvalue weighted by Gasteiger charge is 2.38. The Labute approximate surface area is 178 Å². The number of anilines is 1. The maximum absolute atomic E-state index is 13.4. The van der Waals surface area contributed by atoms with Crippen LogP contribution in [-0.4, -0.2) is 27.0 Å². The number of nitrogens with one attached hydrogen (secondary N) is 1. The molecule has 2 amide bonds. The first-order valence-corrected chi connectivity index (χ1v) is 8.93. The molecular weight excluding hydrogens is 434 g/mol. The second kappa shape index (κ2) is 8.57. The molecule has 0 aliphatic carbocycles. The highest BCUT2D eigenvalue weighted by molar-refractivity contribution is 6.07. The van der Waals surface area contributed by atoms with Gasteiger partial charge >= 0.3 is 6.18 Å². The van der Waals surface area contributed by atoms with Gasteiger partial charge in [0.15, 0.2) is 5.69 Å². The number of hydrogen-bond acceptors (Lipinski definition) is 6. The molecule has 0 saturated carbocycles. The molecule has 166 valence electrons. The lowest BCUT2D eigenvalue weighted by atomic mass is 10.1. The van der Waals surface area contributed by atoms with E-state index in [2.05, 4.69) is 20.5 Å². The van der Waals surface area contributed by atoms with E-state index in [1.807, 2.05) is 0 Å². The summed E-state index contributed by atoms with van der Waals surface area (Å²) in [4.78, 5) is 27.9. The number of alkyl halides is 3. The van der Waals surface area contributed by atoms with Gasteiger partial charge in [-0.25, -0.2) is 4.39 Å². The zero-order chi connectivity index (χ0) is 23.6. The number of hydrogen-bond donors (Lipinski definition) is 2. The number of primary amides is 1. The monoisotopic (exact) mass is 449 g/mol. The second-order valence-corrected chi connectivity index (χ2v) is 6.61. The van der Waals surface area contributed by atoms with Crippen molar-refractivity contribution in [1.29, 1.82) is 0 Å². The summed E-state index contributed by atoms with van der Waals surface area (Å²) in [6, 6.07) is 5.92. The SMILES string of the molecule is Cc1cc(F)ccc1Oc1nnc(C(F)(F)F)c(C)c1C(=O)Nc1ccnc(C(N)=O)c1. The van der Waals surface area contributed by atoms with Crippen molar-refractivity contribution in [2.24, 2.45) is 5.73 Å². The summed E-state index contributed by atoms with van der Waals surface area (Å²) in [5.41, 5.74) is 2.88. The number of pyridine rings is 1. The fourth-order valence-electron chi connectivity index (χ4n) is 2.78. The van der Waals surface area contributed by atoms with Gasteiger partial charge in [-0.2, -0.15) is 13.2 Å². The molecule has 3 N–H and O–H groups in total. The van der Waals surface area contributed by atoms with Gasteiger partial charge in [-0.1, -0.05) is 0 Å². The normalized spacial score (nSPS) is 11.2. The molecule has 3 rings (SSSR count). The molecule has 0 unspecified atom stereocenters. The van der Waals surface area contributed by atoms with Crippen LogP contribution in [0.15, 0.2) is 36.5 Å². The standard InChI is InChI=1S/C20H15F4N5O3/c1-9-7-11(21)3-4-14(9)32-19-15(10(2)16(28-29-19)20(22,23)24)18(31)27-12-5-6-26-13(8-12)17(25)30/h3-8H,1-2H3,(H2,25,30)(H,26,27,31). The minimum atomic E-state index is -4.88. The van der Waals surface area contributed by atoms with Crippen LogP contribution in [0.2, 0.25) is 0 Å². The van der Waals surface area contributed by atoms with E-state index >= 15 is 0 Å². The molecular formula is C20H15F4N5O3. The molecule has 0 bridgehead atoms. The maximum atomic E-state index is 13.4. The van der Waals surface area contributed by atoms with Crippen molar-refractivity contribution in [3.8, 4) is 11.6 Å². The molecule has 8 nitrogen and oxygen atoms in total. The molecule has 0 spiro atoms. The minimum Gasteiger partial charge on any atom is -0.437 e. The van der Waals surface area contributed by atoms with Crippen molar-refractivity contribution in [2.45, 2.75) is 20.0 Å². The Morgan fingerprint density at radius 3 is 2.44 bits per heavy atom. The first-order chi connectivity index (χ1) is 15.0. The summed E-state index contributed by atoms with van der Waals surface area (Å²) in [6.07, 6.45) is -3.69. The van der Waals surface area contributed by atoms with Gasteiger partial charge in [-0.3, -0.25) is 14.6 Å². The second-order valence-electron chi connectivity index (χ2n) is 6.61. The highest BCUT2D eigenvalue weighted by Crippen LogP contribution is 2.35. The topological polar surface area (TPSA) is 120 Å². The largest absolute Gasteiger partial charge is 0.437 e. The number of ether oxygens (including phenoxy) is 1. The molecule has 32 heavy (non-hydrogen) atoms. The van der Waals surface area contributed by atoms with Gasteiger partial charge in [0, 0.05) is 11.9 Å². The zero-order valence-corrected chi connectivity index (χ0v) is 16.6. The van der Waals surface area contributed by atoms with Crippen molar-refractivity contribution in [3.05, 3.63) is 70.4 Å². The molecule has 12 heteroatoms. The molecule has 0 aliphatic rings. The van der Waals surface area contributed by atoms with Crippen molar-refractivity contribution in [2.75, 3.05) is 5.32 Å². The number of nitrogens with two attached hydrogens (primary N) is 1. The number of rotatable bonds is 5. The number of aryl methyl sites for hydroxylation is 1. The first kappa shape index (κ1) is 22.6. The number of carbonyl (C=O) groups excluding carboxylic acids is 2. The summed E-state index contributed by atoms with van der Waals surface area (Å²) in [5, 5.41) is 8.96. The van der Waals surface area contributed by atoms with Crippen LogP contribution < -0.4 is 15.8 Å². The lowest BCUT2D eigenvalue weighted by Gasteiger charge is -2.16. The van der Waals surface area contributed by atoms with Crippen LogP contribution in [0.5, 0.6) is 11.6 Å². The number of carbonyl (C=O) groups is 2. The Morgan fingerprint density at radius 2 is 1.81 bits per heavy atom. The summed E-state index contributed by atoms with van der Waals surface area (Å²) in [5.74, 6) is -2.89. The average Bonchev–Trinajstić information content (AvgIpc) is 2.69. The van der Waals surface area contributed by atoms with Crippen molar-refractivity contribution >= 4 is 17.5 Å². The Balaban J connectivity index is 2.07. The highest BCUT2D eigenvalue weighted by atomic mass is 19.4. The lowest BCUT2D eigenvalue weighted by molar-refractivity contribution is -0.142.